The first-order valence-corrected chi connectivity index (χ1v) is 9.91. The van der Waals surface area contributed by atoms with E-state index in [4.69, 9.17) is 9.47 Å². The molecule has 0 unspecified atom stereocenters. The van der Waals surface area contributed by atoms with Gasteiger partial charge in [0.25, 0.3) is 0 Å². The molecule has 1 aliphatic rings. The normalized spacial score (nSPS) is 14.6. The van der Waals surface area contributed by atoms with Crippen LogP contribution in [0, 0.1) is 9.39 Å². The van der Waals surface area contributed by atoms with Gasteiger partial charge < -0.3 is 9.47 Å². The zero-order chi connectivity index (χ0) is 20.2. The van der Waals surface area contributed by atoms with Gasteiger partial charge in [-0.05, 0) is 76.7 Å². The first-order valence-electron chi connectivity index (χ1n) is 8.83. The first kappa shape index (κ1) is 19.3. The minimum Gasteiger partial charge on any atom is -0.488 e. The van der Waals surface area contributed by atoms with Crippen molar-refractivity contribution in [1.82, 2.24) is 0 Å². The van der Waals surface area contributed by atoms with Crippen molar-refractivity contribution in [2.45, 2.75) is 6.61 Å². The molecule has 144 valence electrons. The predicted octanol–water partition coefficient (Wildman–Crippen LogP) is 5.35. The molecule has 4 rings (SSSR count). The minimum atomic E-state index is -0.515. The van der Waals surface area contributed by atoms with Crippen molar-refractivity contribution in [1.29, 1.82) is 0 Å². The molecular formula is C23H15FINO3. The summed E-state index contributed by atoms with van der Waals surface area (Å²) in [7, 11) is 0. The fourth-order valence-electron chi connectivity index (χ4n) is 2.79. The molecule has 0 spiro atoms. The summed E-state index contributed by atoms with van der Waals surface area (Å²) in [6, 6.07) is 21.1. The summed E-state index contributed by atoms with van der Waals surface area (Å²) in [4.78, 5) is 16.6. The third-order valence-electron chi connectivity index (χ3n) is 4.21. The molecule has 29 heavy (non-hydrogen) atoms. The molecule has 1 heterocycles. The average Bonchev–Trinajstić information content (AvgIpc) is 3.08. The Balaban J connectivity index is 1.57. The number of cyclic esters (lactones) is 1. The molecule has 0 fully saturated rings. The molecule has 0 aromatic heterocycles. The molecule has 0 aliphatic carbocycles. The number of hydrogen-bond acceptors (Lipinski definition) is 4. The van der Waals surface area contributed by atoms with Gasteiger partial charge in [0.1, 0.15) is 18.2 Å². The Morgan fingerprint density at radius 2 is 1.83 bits per heavy atom. The maximum Gasteiger partial charge on any atom is 0.363 e. The second-order valence-electron chi connectivity index (χ2n) is 6.30. The molecule has 3 aromatic carbocycles. The van der Waals surface area contributed by atoms with E-state index in [2.05, 4.69) is 27.6 Å². The van der Waals surface area contributed by atoms with E-state index in [1.807, 2.05) is 42.5 Å². The van der Waals surface area contributed by atoms with Crippen molar-refractivity contribution < 1.29 is 18.7 Å². The minimum absolute atomic E-state index is 0.195. The molecule has 4 nitrogen and oxygen atoms in total. The molecular weight excluding hydrogens is 484 g/mol. The fourth-order valence-corrected chi connectivity index (χ4v) is 3.15. The smallest absolute Gasteiger partial charge is 0.363 e. The summed E-state index contributed by atoms with van der Waals surface area (Å²) >= 11 is 2.21. The number of aliphatic imine (C=N–C) groups is 1. The number of hydrogen-bond donors (Lipinski definition) is 0. The number of carbonyl (C=O) groups excluding carboxylic acids is 1. The van der Waals surface area contributed by atoms with Crippen LogP contribution in [0.15, 0.2) is 83.5 Å². The molecule has 0 saturated carbocycles. The van der Waals surface area contributed by atoms with Crippen LogP contribution < -0.4 is 4.74 Å². The summed E-state index contributed by atoms with van der Waals surface area (Å²) < 4.78 is 25.6. The van der Waals surface area contributed by atoms with E-state index < -0.39 is 5.97 Å². The molecule has 0 radical (unpaired) electrons. The number of ether oxygens (including phenoxy) is 2. The second-order valence-corrected chi connectivity index (χ2v) is 7.55. The Morgan fingerprint density at radius 1 is 1.03 bits per heavy atom. The summed E-state index contributed by atoms with van der Waals surface area (Å²) in [6.45, 7) is 0.208. The number of rotatable bonds is 5. The van der Waals surface area contributed by atoms with Gasteiger partial charge in [-0.15, -0.1) is 0 Å². The maximum absolute atomic E-state index is 13.4. The lowest BCUT2D eigenvalue weighted by atomic mass is 10.1. The fraction of sp³-hybridized carbons (Fsp3) is 0.0435. The Hall–Kier alpha value is -3.00. The van der Waals surface area contributed by atoms with Crippen molar-refractivity contribution in [3.8, 4) is 5.75 Å². The number of benzene rings is 3. The molecule has 1 aliphatic heterocycles. The molecule has 6 heteroatoms. The van der Waals surface area contributed by atoms with Gasteiger partial charge in [0, 0.05) is 14.7 Å². The third-order valence-corrected chi connectivity index (χ3v) is 4.93. The lowest BCUT2D eigenvalue weighted by Gasteiger charge is -2.09. The molecule has 0 N–H and O–H groups in total. The summed E-state index contributed by atoms with van der Waals surface area (Å²) in [6.07, 6.45) is 1.63. The summed E-state index contributed by atoms with van der Waals surface area (Å²) in [5.41, 5.74) is 2.33. The zero-order valence-corrected chi connectivity index (χ0v) is 17.3. The van der Waals surface area contributed by atoms with Gasteiger partial charge in [0.15, 0.2) is 5.70 Å². The largest absolute Gasteiger partial charge is 0.488 e. The number of carbonyl (C=O) groups is 1. The lowest BCUT2D eigenvalue weighted by molar-refractivity contribution is -0.129. The van der Waals surface area contributed by atoms with E-state index in [1.165, 1.54) is 12.1 Å². The lowest BCUT2D eigenvalue weighted by Crippen LogP contribution is -2.05. The molecule has 0 saturated heterocycles. The summed E-state index contributed by atoms with van der Waals surface area (Å²) in [5, 5.41) is 0. The number of nitrogens with zero attached hydrogens (tertiary/aromatic N) is 1. The highest BCUT2D eigenvalue weighted by Crippen LogP contribution is 2.25. The highest BCUT2D eigenvalue weighted by molar-refractivity contribution is 14.1. The average molecular weight is 499 g/mol. The van der Waals surface area contributed by atoms with E-state index >= 15 is 0 Å². The van der Waals surface area contributed by atoms with E-state index in [1.54, 1.807) is 24.3 Å². The Labute approximate surface area is 180 Å². The Bertz CT molecular complexity index is 1120. The van der Waals surface area contributed by atoms with E-state index in [0.717, 1.165) is 9.13 Å². The van der Waals surface area contributed by atoms with Gasteiger partial charge in [0.2, 0.25) is 5.90 Å². The molecule has 3 aromatic rings. The van der Waals surface area contributed by atoms with Gasteiger partial charge in [-0.3, -0.25) is 0 Å². The van der Waals surface area contributed by atoms with Gasteiger partial charge in [-0.25, -0.2) is 14.2 Å². The van der Waals surface area contributed by atoms with Crippen LogP contribution in [-0.2, 0) is 16.1 Å². The van der Waals surface area contributed by atoms with Crippen LogP contribution >= 0.6 is 22.6 Å². The van der Waals surface area contributed by atoms with Crippen LogP contribution in [0.2, 0.25) is 0 Å². The van der Waals surface area contributed by atoms with Crippen molar-refractivity contribution in [2.75, 3.05) is 0 Å². The van der Waals surface area contributed by atoms with Gasteiger partial charge in [-0.1, -0.05) is 30.3 Å². The van der Waals surface area contributed by atoms with Crippen molar-refractivity contribution in [3.63, 3.8) is 0 Å². The molecule has 0 atom stereocenters. The quantitative estimate of drug-likeness (QED) is 0.270. The van der Waals surface area contributed by atoms with Gasteiger partial charge >= 0.3 is 5.97 Å². The van der Waals surface area contributed by atoms with Crippen LogP contribution in [0.25, 0.3) is 6.08 Å². The highest BCUT2D eigenvalue weighted by Gasteiger charge is 2.24. The highest BCUT2D eigenvalue weighted by atomic mass is 127. The Kier molecular flexibility index (Phi) is 5.71. The van der Waals surface area contributed by atoms with Crippen molar-refractivity contribution in [2.24, 2.45) is 4.99 Å². The standard InChI is InChI=1S/C23H15FINO3/c24-18-6-3-4-15(12-18)14-28-21-7-2-1-5-17(21)13-20-23(27)29-22(26-20)16-8-10-19(25)11-9-16/h1-13H,14H2/b20-13-. The summed E-state index contributed by atoms with van der Waals surface area (Å²) in [5.74, 6) is 0.0111. The van der Waals surface area contributed by atoms with Crippen molar-refractivity contribution in [3.05, 3.63) is 105 Å². The SMILES string of the molecule is O=C1OC(c2ccc(I)cc2)=N/C1=C\c1ccccc1OCc1cccc(F)c1. The van der Waals surface area contributed by atoms with E-state index in [-0.39, 0.29) is 24.0 Å². The second kappa shape index (κ2) is 8.57. The number of halogens is 2. The predicted molar refractivity (Wildman–Crippen MR) is 117 cm³/mol. The number of para-hydroxylation sites is 1. The van der Waals surface area contributed by atoms with Crippen molar-refractivity contribution >= 4 is 40.5 Å². The molecule has 0 amide bonds. The van der Waals surface area contributed by atoms with Crippen LogP contribution in [0.5, 0.6) is 5.75 Å². The van der Waals surface area contributed by atoms with Crippen LogP contribution in [-0.4, -0.2) is 11.9 Å². The van der Waals surface area contributed by atoms with E-state index in [0.29, 0.717) is 16.9 Å². The monoisotopic (exact) mass is 499 g/mol. The van der Waals surface area contributed by atoms with Crippen LogP contribution in [0.4, 0.5) is 4.39 Å². The maximum atomic E-state index is 13.4. The third kappa shape index (κ3) is 4.71. The topological polar surface area (TPSA) is 47.9 Å². The van der Waals surface area contributed by atoms with Gasteiger partial charge in [-0.2, -0.15) is 0 Å². The van der Waals surface area contributed by atoms with Crippen LogP contribution in [0.3, 0.4) is 0 Å². The van der Waals surface area contributed by atoms with E-state index in [9.17, 15) is 9.18 Å². The Morgan fingerprint density at radius 3 is 2.62 bits per heavy atom. The molecule has 0 bridgehead atoms. The van der Waals surface area contributed by atoms with Crippen LogP contribution in [0.1, 0.15) is 16.7 Å². The zero-order valence-electron chi connectivity index (χ0n) is 15.1. The first-order chi connectivity index (χ1) is 14.1. The van der Waals surface area contributed by atoms with Gasteiger partial charge in [0.05, 0.1) is 0 Å². The number of esters is 1.